The lowest BCUT2D eigenvalue weighted by atomic mass is 10.0. The summed E-state index contributed by atoms with van der Waals surface area (Å²) in [5.41, 5.74) is 1.33. The van der Waals surface area contributed by atoms with Crippen LogP contribution in [0.2, 0.25) is 0 Å². The van der Waals surface area contributed by atoms with Gasteiger partial charge in [-0.1, -0.05) is 26.7 Å². The topological polar surface area (TPSA) is 60.4 Å². The molecule has 1 aliphatic heterocycles. The summed E-state index contributed by atoms with van der Waals surface area (Å²) in [6.45, 7) is 3.67. The van der Waals surface area contributed by atoms with Gasteiger partial charge in [0.05, 0.1) is 0 Å². The number of unbranched alkanes of at least 4 members (excludes halogenated alkanes) is 1. The Bertz CT molecular complexity index is 768. The van der Waals surface area contributed by atoms with E-state index >= 15 is 0 Å². The van der Waals surface area contributed by atoms with Crippen molar-refractivity contribution in [3.63, 3.8) is 0 Å². The van der Waals surface area contributed by atoms with Gasteiger partial charge in [0.1, 0.15) is 6.10 Å². The number of aromatic nitrogens is 3. The highest BCUT2D eigenvalue weighted by atomic mass is 19.3. The van der Waals surface area contributed by atoms with Crippen molar-refractivity contribution in [2.24, 2.45) is 0 Å². The molecule has 0 aliphatic carbocycles. The molecule has 3 heterocycles. The Kier molecular flexibility index (Phi) is 8.30. The molecule has 30 heavy (non-hydrogen) atoms. The zero-order chi connectivity index (χ0) is 21.3. The van der Waals surface area contributed by atoms with Crippen molar-refractivity contribution in [3.8, 4) is 23.0 Å². The molecule has 8 heteroatoms. The van der Waals surface area contributed by atoms with Crippen molar-refractivity contribution < 1.29 is 18.3 Å². The lowest BCUT2D eigenvalue weighted by molar-refractivity contribution is -0.0528. The van der Waals surface area contributed by atoms with E-state index in [1.54, 1.807) is 18.5 Å². The number of rotatable bonds is 10. The van der Waals surface area contributed by atoms with E-state index in [2.05, 4.69) is 38.4 Å². The van der Waals surface area contributed by atoms with E-state index < -0.39 is 6.61 Å². The van der Waals surface area contributed by atoms with Crippen LogP contribution in [0.1, 0.15) is 52.4 Å². The van der Waals surface area contributed by atoms with E-state index in [4.69, 9.17) is 4.74 Å². The van der Waals surface area contributed by atoms with Crippen LogP contribution in [-0.2, 0) is 0 Å². The van der Waals surface area contributed by atoms with E-state index in [-0.39, 0.29) is 12.0 Å². The van der Waals surface area contributed by atoms with Crippen LogP contribution < -0.4 is 9.47 Å². The van der Waals surface area contributed by atoms with Gasteiger partial charge >= 0.3 is 12.6 Å². The van der Waals surface area contributed by atoms with Gasteiger partial charge in [-0.05, 0) is 37.3 Å². The second-order valence-corrected chi connectivity index (χ2v) is 7.57. The SMILES string of the molecule is CCCCC(CC)N1CCC(Oc2ncc(-c3ccnc(OC(F)F)c3)cn2)CC1. The summed E-state index contributed by atoms with van der Waals surface area (Å²) in [5, 5.41) is 0. The van der Waals surface area contributed by atoms with Crippen molar-refractivity contribution in [2.45, 2.75) is 71.1 Å². The van der Waals surface area contributed by atoms with Gasteiger partial charge in [0.25, 0.3) is 0 Å². The first-order valence-electron chi connectivity index (χ1n) is 10.7. The minimum atomic E-state index is -2.91. The summed E-state index contributed by atoms with van der Waals surface area (Å²) in [5.74, 6) is -0.140. The number of halogens is 2. The largest absolute Gasteiger partial charge is 0.460 e. The highest BCUT2D eigenvalue weighted by Gasteiger charge is 2.25. The number of ether oxygens (including phenoxy) is 2. The second kappa shape index (κ2) is 11.2. The molecule has 1 aliphatic rings. The van der Waals surface area contributed by atoms with Crippen LogP contribution in [0.5, 0.6) is 11.9 Å². The Labute approximate surface area is 176 Å². The quantitative estimate of drug-likeness (QED) is 0.542. The van der Waals surface area contributed by atoms with Crippen molar-refractivity contribution in [1.29, 1.82) is 0 Å². The van der Waals surface area contributed by atoms with Gasteiger partial charge < -0.3 is 14.4 Å². The molecule has 3 rings (SSSR count). The molecular weight excluding hydrogens is 390 g/mol. The normalized spacial score (nSPS) is 16.6. The molecule has 0 amide bonds. The maximum absolute atomic E-state index is 12.4. The Morgan fingerprint density at radius 2 is 1.83 bits per heavy atom. The van der Waals surface area contributed by atoms with Crippen LogP contribution in [0.25, 0.3) is 11.1 Å². The predicted octanol–water partition coefficient (Wildman–Crippen LogP) is 4.95. The van der Waals surface area contributed by atoms with E-state index in [0.717, 1.165) is 25.9 Å². The average Bonchev–Trinajstić information content (AvgIpc) is 2.75. The molecule has 0 saturated carbocycles. The van der Waals surface area contributed by atoms with Gasteiger partial charge in [0.15, 0.2) is 0 Å². The van der Waals surface area contributed by atoms with Crippen molar-refractivity contribution in [1.82, 2.24) is 19.9 Å². The molecule has 0 radical (unpaired) electrons. The maximum Gasteiger partial charge on any atom is 0.388 e. The highest BCUT2D eigenvalue weighted by molar-refractivity contribution is 5.62. The van der Waals surface area contributed by atoms with Crippen molar-refractivity contribution in [3.05, 3.63) is 30.7 Å². The highest BCUT2D eigenvalue weighted by Crippen LogP contribution is 2.24. The van der Waals surface area contributed by atoms with Gasteiger partial charge in [0.2, 0.25) is 5.88 Å². The summed E-state index contributed by atoms with van der Waals surface area (Å²) >= 11 is 0. The second-order valence-electron chi connectivity index (χ2n) is 7.57. The molecular formula is C22H30F2N4O2. The van der Waals surface area contributed by atoms with Crippen LogP contribution in [-0.4, -0.2) is 51.7 Å². The zero-order valence-electron chi connectivity index (χ0n) is 17.6. The molecule has 0 bridgehead atoms. The first-order valence-corrected chi connectivity index (χ1v) is 10.7. The van der Waals surface area contributed by atoms with Gasteiger partial charge in [0, 0.05) is 49.4 Å². The van der Waals surface area contributed by atoms with E-state index in [1.807, 2.05) is 0 Å². The Hall–Kier alpha value is -2.35. The van der Waals surface area contributed by atoms with Crippen LogP contribution in [0.15, 0.2) is 30.7 Å². The molecule has 0 N–H and O–H groups in total. The molecule has 1 atom stereocenters. The lowest BCUT2D eigenvalue weighted by Gasteiger charge is -2.37. The number of piperidine rings is 1. The molecule has 0 spiro atoms. The fraction of sp³-hybridized carbons (Fsp3) is 0.591. The van der Waals surface area contributed by atoms with Crippen molar-refractivity contribution in [2.75, 3.05) is 13.1 Å². The number of hydrogen-bond donors (Lipinski definition) is 0. The summed E-state index contributed by atoms with van der Waals surface area (Å²) in [4.78, 5) is 14.9. The summed E-state index contributed by atoms with van der Waals surface area (Å²) in [6.07, 6.45) is 11.7. The van der Waals surface area contributed by atoms with Crippen LogP contribution in [0.4, 0.5) is 8.78 Å². The smallest absolute Gasteiger partial charge is 0.388 e. The Balaban J connectivity index is 1.53. The van der Waals surface area contributed by atoms with Gasteiger partial charge in [-0.15, -0.1) is 0 Å². The molecule has 164 valence electrons. The molecule has 2 aromatic rings. The van der Waals surface area contributed by atoms with Crippen molar-refractivity contribution >= 4 is 0 Å². The fourth-order valence-corrected chi connectivity index (χ4v) is 3.86. The molecule has 1 unspecified atom stereocenters. The maximum atomic E-state index is 12.4. The van der Waals surface area contributed by atoms with Gasteiger partial charge in [-0.3, -0.25) is 0 Å². The third-order valence-electron chi connectivity index (χ3n) is 5.53. The zero-order valence-corrected chi connectivity index (χ0v) is 17.6. The Morgan fingerprint density at radius 1 is 1.10 bits per heavy atom. The first-order chi connectivity index (χ1) is 14.6. The number of alkyl halides is 2. The summed E-state index contributed by atoms with van der Waals surface area (Å²) in [6, 6.07) is 4.13. The van der Waals surface area contributed by atoms with E-state index in [1.165, 1.54) is 37.9 Å². The summed E-state index contributed by atoms with van der Waals surface area (Å²) < 4.78 is 35.1. The molecule has 1 fully saturated rings. The number of hydrogen-bond acceptors (Lipinski definition) is 6. The van der Waals surface area contributed by atoms with Gasteiger partial charge in [-0.25, -0.2) is 15.0 Å². The van der Waals surface area contributed by atoms with Gasteiger partial charge in [-0.2, -0.15) is 8.78 Å². The van der Waals surface area contributed by atoms with E-state index in [9.17, 15) is 8.78 Å². The molecule has 2 aromatic heterocycles. The Morgan fingerprint density at radius 3 is 2.47 bits per heavy atom. The third kappa shape index (κ3) is 6.32. The minimum absolute atomic E-state index is 0.114. The van der Waals surface area contributed by atoms with E-state index in [0.29, 0.717) is 23.2 Å². The van der Waals surface area contributed by atoms with Crippen LogP contribution in [0, 0.1) is 0 Å². The molecule has 6 nitrogen and oxygen atoms in total. The first kappa shape index (κ1) is 22.3. The number of likely N-dealkylation sites (tertiary alicyclic amines) is 1. The van der Waals surface area contributed by atoms with Crippen LogP contribution >= 0.6 is 0 Å². The monoisotopic (exact) mass is 420 g/mol. The third-order valence-corrected chi connectivity index (χ3v) is 5.53. The standard InChI is InChI=1S/C22H30F2N4O2/c1-3-5-6-18(4-2)28-11-8-19(9-12-28)29-22-26-14-17(15-27-22)16-7-10-25-20(13-16)30-21(23)24/h7,10,13-15,18-19,21H,3-6,8-9,11-12H2,1-2H3. The number of nitrogens with zero attached hydrogens (tertiary/aromatic N) is 4. The van der Waals surface area contributed by atoms with Crippen LogP contribution in [0.3, 0.4) is 0 Å². The minimum Gasteiger partial charge on any atom is -0.460 e. The molecule has 1 saturated heterocycles. The molecule has 0 aromatic carbocycles. The summed E-state index contributed by atoms with van der Waals surface area (Å²) in [7, 11) is 0. The fourth-order valence-electron chi connectivity index (χ4n) is 3.86. The average molecular weight is 421 g/mol. The lowest BCUT2D eigenvalue weighted by Crippen LogP contribution is -2.44. The predicted molar refractivity (Wildman–Crippen MR) is 111 cm³/mol. The number of pyridine rings is 1.